The van der Waals surface area contributed by atoms with E-state index >= 15 is 0 Å². The summed E-state index contributed by atoms with van der Waals surface area (Å²) in [6.45, 7) is 12.5. The predicted octanol–water partition coefficient (Wildman–Crippen LogP) is -3.81. The maximum atomic E-state index is 13.3. The van der Waals surface area contributed by atoms with Gasteiger partial charge in [0.1, 0.15) is 42.3 Å². The molecule has 12 N–H and O–H groups in total. The van der Waals surface area contributed by atoms with Gasteiger partial charge in [-0.3, -0.25) is 33.6 Å². The molecule has 0 aromatic rings. The van der Waals surface area contributed by atoms with Gasteiger partial charge in [0.15, 0.2) is 0 Å². The number of nitrogens with one attached hydrogen (secondary N) is 7. The molecule has 0 unspecified atom stereocenters. The summed E-state index contributed by atoms with van der Waals surface area (Å²) in [5, 5.41) is 44.5. The number of aliphatic carboxylic acids is 1. The monoisotopic (exact) mass is 716 g/mol. The van der Waals surface area contributed by atoms with Gasteiger partial charge in [-0.1, -0.05) is 41.5 Å². The molecule has 0 aromatic carbocycles. The van der Waals surface area contributed by atoms with Crippen LogP contribution in [0.5, 0.6) is 0 Å². The van der Waals surface area contributed by atoms with Gasteiger partial charge in [0, 0.05) is 0 Å². The smallest absolute Gasteiger partial charge is 0.328 e. The summed E-state index contributed by atoms with van der Waals surface area (Å²) < 4.78 is 0. The second-order valence-electron chi connectivity index (χ2n) is 13.2. The number of nitrogens with two attached hydrogens (primary N) is 1. The molecule has 8 atom stereocenters. The molecule has 19 heteroatoms. The highest BCUT2D eigenvalue weighted by atomic mass is 16.4. The number of carboxylic acids is 1. The third-order valence-electron chi connectivity index (χ3n) is 7.42. The normalized spacial score (nSPS) is 16.1. The number of hydrogen-bond acceptors (Lipinski definition) is 11. The molecule has 0 rings (SSSR count). The van der Waals surface area contributed by atoms with Crippen LogP contribution in [0, 0.1) is 17.8 Å². The van der Waals surface area contributed by atoms with Crippen LogP contribution in [0.15, 0.2) is 0 Å². The van der Waals surface area contributed by atoms with Crippen molar-refractivity contribution in [3.63, 3.8) is 0 Å². The number of carbonyl (C=O) groups excluding carboxylic acids is 7. The van der Waals surface area contributed by atoms with Gasteiger partial charge in [0.2, 0.25) is 41.4 Å². The van der Waals surface area contributed by atoms with Crippen molar-refractivity contribution in [2.24, 2.45) is 23.5 Å². The lowest BCUT2D eigenvalue weighted by atomic mass is 9.99. The summed E-state index contributed by atoms with van der Waals surface area (Å²) in [6.07, 6.45) is 0.418. The fourth-order valence-corrected chi connectivity index (χ4v) is 4.31. The summed E-state index contributed by atoms with van der Waals surface area (Å²) in [5.74, 6) is -7.85. The highest BCUT2D eigenvalue weighted by molar-refractivity contribution is 5.97. The molecule has 50 heavy (non-hydrogen) atoms. The van der Waals surface area contributed by atoms with E-state index < -0.39 is 121 Å². The summed E-state index contributed by atoms with van der Waals surface area (Å²) >= 11 is 0. The van der Waals surface area contributed by atoms with Crippen LogP contribution >= 0.6 is 0 Å². The molecular formula is C31H56N8O11. The van der Waals surface area contributed by atoms with Crippen molar-refractivity contribution < 1.29 is 53.7 Å². The van der Waals surface area contributed by atoms with Crippen LogP contribution in [-0.2, 0) is 38.4 Å². The number of amides is 7. The highest BCUT2D eigenvalue weighted by Crippen LogP contribution is 2.08. The van der Waals surface area contributed by atoms with Crippen LogP contribution in [0.3, 0.4) is 0 Å². The Kier molecular flexibility index (Phi) is 19.8. The number of carbonyl (C=O) groups is 8. The van der Waals surface area contributed by atoms with Crippen molar-refractivity contribution in [1.82, 2.24) is 37.2 Å². The largest absolute Gasteiger partial charge is 0.480 e. The average molecular weight is 717 g/mol. The van der Waals surface area contributed by atoms with Crippen LogP contribution in [0.2, 0.25) is 0 Å². The first-order valence-corrected chi connectivity index (χ1v) is 16.4. The molecule has 286 valence electrons. The lowest BCUT2D eigenvalue weighted by Crippen LogP contribution is -2.61. The third kappa shape index (κ3) is 15.5. The van der Waals surface area contributed by atoms with Crippen molar-refractivity contribution in [3.05, 3.63) is 0 Å². The first-order valence-electron chi connectivity index (χ1n) is 16.4. The van der Waals surface area contributed by atoms with Crippen molar-refractivity contribution in [2.75, 3.05) is 13.2 Å². The standard InChI is InChI=1S/C31H56N8O11/c1-13(2)10-19(32)27(45)35-17(8)25(43)33-16(7)24(42)34-18(9)26(44)38-23(15(5)6)30(48)39-22(14(3)4)29(47)36-20(11-40)28(46)37-21(12-41)31(49)50/h13-23,40-41H,10-12,32H2,1-9H3,(H,33,43)(H,34,42)(H,35,45)(H,36,47)(H,37,46)(H,38,44)(H,39,48)(H,49,50)/t16-,17-,18-,19-,20-,21-,22-,23-/m0/s1. The molecule has 0 bridgehead atoms. The number of carboxylic acid groups (broad SMARTS) is 1. The molecule has 0 aliphatic heterocycles. The highest BCUT2D eigenvalue weighted by Gasteiger charge is 2.34. The van der Waals surface area contributed by atoms with Crippen molar-refractivity contribution in [3.8, 4) is 0 Å². The first kappa shape index (κ1) is 45.6. The molecule has 0 fully saturated rings. The van der Waals surface area contributed by atoms with Gasteiger partial charge in [-0.25, -0.2) is 4.79 Å². The second kappa shape index (κ2) is 21.7. The zero-order valence-corrected chi connectivity index (χ0v) is 30.2. The molecule has 0 aliphatic rings. The minimum absolute atomic E-state index is 0.166. The summed E-state index contributed by atoms with van der Waals surface area (Å²) in [5.41, 5.74) is 5.85. The summed E-state index contributed by atoms with van der Waals surface area (Å²) in [6, 6.07) is -9.85. The zero-order chi connectivity index (χ0) is 39.0. The summed E-state index contributed by atoms with van der Waals surface area (Å²) in [7, 11) is 0. The van der Waals surface area contributed by atoms with Crippen LogP contribution in [0.4, 0.5) is 0 Å². The van der Waals surface area contributed by atoms with Gasteiger partial charge in [-0.15, -0.1) is 0 Å². The Balaban J connectivity index is 5.40. The van der Waals surface area contributed by atoms with E-state index in [0.29, 0.717) is 6.42 Å². The predicted molar refractivity (Wildman–Crippen MR) is 179 cm³/mol. The van der Waals surface area contributed by atoms with E-state index in [9.17, 15) is 43.5 Å². The summed E-state index contributed by atoms with van der Waals surface area (Å²) in [4.78, 5) is 100. The van der Waals surface area contributed by atoms with Crippen LogP contribution in [-0.4, -0.2) is 124 Å². The first-order chi connectivity index (χ1) is 23.1. The van der Waals surface area contributed by atoms with Crippen molar-refractivity contribution in [1.29, 1.82) is 0 Å². The minimum atomic E-state index is -1.68. The molecule has 0 aliphatic carbocycles. The van der Waals surface area contributed by atoms with Crippen LogP contribution in [0.25, 0.3) is 0 Å². The fraction of sp³-hybridized carbons (Fsp3) is 0.742. The van der Waals surface area contributed by atoms with E-state index in [1.165, 1.54) is 20.8 Å². The van der Waals surface area contributed by atoms with Gasteiger partial charge in [0.25, 0.3) is 0 Å². The number of aliphatic hydroxyl groups excluding tert-OH is 2. The lowest BCUT2D eigenvalue weighted by molar-refractivity contribution is -0.143. The minimum Gasteiger partial charge on any atom is -0.480 e. The van der Waals surface area contributed by atoms with Gasteiger partial charge in [0.05, 0.1) is 19.3 Å². The maximum Gasteiger partial charge on any atom is 0.328 e. The Morgan fingerprint density at radius 1 is 0.480 bits per heavy atom. The molecule has 0 aromatic heterocycles. The molecule has 19 nitrogen and oxygen atoms in total. The Morgan fingerprint density at radius 2 is 0.820 bits per heavy atom. The molecular weight excluding hydrogens is 660 g/mol. The molecule has 0 saturated carbocycles. The van der Waals surface area contributed by atoms with Gasteiger partial charge >= 0.3 is 5.97 Å². The number of hydrogen-bond donors (Lipinski definition) is 11. The van der Waals surface area contributed by atoms with Crippen molar-refractivity contribution in [2.45, 2.75) is 117 Å². The van der Waals surface area contributed by atoms with E-state index in [0.717, 1.165) is 0 Å². The van der Waals surface area contributed by atoms with Crippen LogP contribution in [0.1, 0.15) is 68.7 Å². The quantitative estimate of drug-likeness (QED) is 0.0545. The molecule has 0 heterocycles. The Labute approximate surface area is 292 Å². The average Bonchev–Trinajstić information content (AvgIpc) is 3.01. The zero-order valence-electron chi connectivity index (χ0n) is 30.2. The molecule has 0 saturated heterocycles. The molecule has 0 spiro atoms. The van der Waals surface area contributed by atoms with E-state index in [2.05, 4.69) is 31.9 Å². The lowest BCUT2D eigenvalue weighted by Gasteiger charge is -2.29. The number of aliphatic hydroxyl groups is 2. The second-order valence-corrected chi connectivity index (χ2v) is 13.2. The Morgan fingerprint density at radius 3 is 1.18 bits per heavy atom. The van der Waals surface area contributed by atoms with Gasteiger partial charge in [-0.2, -0.15) is 0 Å². The van der Waals surface area contributed by atoms with Gasteiger partial charge in [-0.05, 0) is 44.9 Å². The van der Waals surface area contributed by atoms with Gasteiger partial charge < -0.3 is 58.3 Å². The number of rotatable bonds is 21. The van der Waals surface area contributed by atoms with Crippen LogP contribution < -0.4 is 43.0 Å². The van der Waals surface area contributed by atoms with E-state index in [4.69, 9.17) is 15.9 Å². The topological polar surface area (TPSA) is 307 Å². The maximum absolute atomic E-state index is 13.3. The molecule has 0 radical (unpaired) electrons. The van der Waals surface area contributed by atoms with E-state index in [1.807, 2.05) is 19.2 Å². The third-order valence-corrected chi connectivity index (χ3v) is 7.42. The SMILES string of the molecule is CC(C)C[C@H](N)C(=O)N[C@@H](C)C(=O)N[C@@H](C)C(=O)N[C@@H](C)C(=O)N[C@H](C(=O)N[C@H](C(=O)N[C@@H](CO)C(=O)N[C@@H](CO)C(=O)O)C(C)C)C(C)C. The fourth-order valence-electron chi connectivity index (χ4n) is 4.31. The molecule has 7 amide bonds. The van der Waals surface area contributed by atoms with E-state index in [-0.39, 0.29) is 5.92 Å². The van der Waals surface area contributed by atoms with E-state index in [1.54, 1.807) is 27.7 Å². The van der Waals surface area contributed by atoms with Crippen molar-refractivity contribution >= 4 is 47.3 Å². The Hall–Kier alpha value is -4.36. The Bertz CT molecular complexity index is 1210.